The van der Waals surface area contributed by atoms with Gasteiger partial charge in [-0.15, -0.1) is 10.2 Å². The Balaban J connectivity index is 1.42. The Morgan fingerprint density at radius 3 is 2.86 bits per heavy atom. The fourth-order valence-corrected chi connectivity index (χ4v) is 4.43. The van der Waals surface area contributed by atoms with Gasteiger partial charge in [-0.05, 0) is 42.0 Å². The number of benzene rings is 1. The largest absolute Gasteiger partial charge is 0.421 e. The van der Waals surface area contributed by atoms with Gasteiger partial charge in [0.25, 0.3) is 0 Å². The Kier molecular flexibility index (Phi) is 5.89. The number of carbonyl (C=O) groups is 1. The number of aromatic nitrogens is 2. The smallest absolute Gasteiger partial charge is 0.248 e. The predicted molar refractivity (Wildman–Crippen MR) is 110 cm³/mol. The molecule has 146 valence electrons. The lowest BCUT2D eigenvalue weighted by molar-refractivity contribution is -0.124. The number of ether oxygens (including phenoxy) is 1. The Labute approximate surface area is 175 Å². The summed E-state index contributed by atoms with van der Waals surface area (Å²) in [6.07, 6.45) is 2.20. The Hall–Kier alpha value is -2.03. The molecule has 6 nitrogen and oxygen atoms in total. The van der Waals surface area contributed by atoms with Crippen molar-refractivity contribution in [2.24, 2.45) is 0 Å². The van der Waals surface area contributed by atoms with Gasteiger partial charge in [-0.3, -0.25) is 4.79 Å². The first-order chi connectivity index (χ1) is 13.6. The molecule has 0 spiro atoms. The Bertz CT molecular complexity index is 936. The first-order valence-electron chi connectivity index (χ1n) is 9.14. The van der Waals surface area contributed by atoms with Crippen molar-refractivity contribution in [1.29, 1.82) is 0 Å². The molecule has 1 aromatic carbocycles. The minimum absolute atomic E-state index is 0.0304. The molecule has 3 aromatic rings. The van der Waals surface area contributed by atoms with Crippen molar-refractivity contribution in [3.05, 3.63) is 57.0 Å². The van der Waals surface area contributed by atoms with Crippen LogP contribution in [0.3, 0.4) is 0 Å². The molecule has 1 N–H and O–H groups in total. The number of carbonyl (C=O) groups excluding carboxylic acids is 1. The van der Waals surface area contributed by atoms with Crippen LogP contribution in [0.2, 0.25) is 0 Å². The average Bonchev–Trinajstić information content (AvgIpc) is 3.39. The second kappa shape index (κ2) is 8.55. The van der Waals surface area contributed by atoms with Gasteiger partial charge in [0.15, 0.2) is 0 Å². The van der Waals surface area contributed by atoms with Gasteiger partial charge in [0.1, 0.15) is 0 Å². The minimum Gasteiger partial charge on any atom is -0.421 e. The molecule has 0 bridgehead atoms. The van der Waals surface area contributed by atoms with E-state index in [1.54, 1.807) is 11.3 Å². The zero-order valence-electron chi connectivity index (χ0n) is 15.2. The second-order valence-electron chi connectivity index (χ2n) is 6.77. The normalized spacial score (nSPS) is 16.0. The first kappa shape index (κ1) is 19.3. The van der Waals surface area contributed by atoms with Crippen molar-refractivity contribution >= 4 is 33.2 Å². The molecule has 8 heteroatoms. The summed E-state index contributed by atoms with van der Waals surface area (Å²) in [6.45, 7) is 1.25. The molecule has 0 unspecified atom stereocenters. The van der Waals surface area contributed by atoms with E-state index >= 15 is 0 Å². The molecule has 1 fully saturated rings. The molecule has 3 heterocycles. The van der Waals surface area contributed by atoms with Crippen molar-refractivity contribution in [2.45, 2.75) is 31.2 Å². The molecule has 0 atom stereocenters. The molecular formula is C20H20BrN3O3S. The highest BCUT2D eigenvalue weighted by molar-refractivity contribution is 9.10. The molecule has 1 amide bonds. The van der Waals surface area contributed by atoms with Gasteiger partial charge in [0, 0.05) is 41.5 Å². The van der Waals surface area contributed by atoms with Crippen LogP contribution in [0.1, 0.15) is 30.7 Å². The lowest BCUT2D eigenvalue weighted by Crippen LogP contribution is -2.49. The number of halogens is 1. The Morgan fingerprint density at radius 1 is 1.25 bits per heavy atom. The van der Waals surface area contributed by atoms with Crippen LogP contribution in [0.4, 0.5) is 0 Å². The van der Waals surface area contributed by atoms with Gasteiger partial charge >= 0.3 is 0 Å². The average molecular weight is 462 g/mol. The quantitative estimate of drug-likeness (QED) is 0.591. The van der Waals surface area contributed by atoms with Crippen LogP contribution in [0, 0.1) is 0 Å². The summed E-state index contributed by atoms with van der Waals surface area (Å²) in [7, 11) is 0. The van der Waals surface area contributed by atoms with Crippen LogP contribution in [-0.4, -0.2) is 29.3 Å². The van der Waals surface area contributed by atoms with Crippen LogP contribution in [-0.2, 0) is 21.5 Å². The van der Waals surface area contributed by atoms with E-state index in [0.717, 1.165) is 28.4 Å². The van der Waals surface area contributed by atoms with E-state index < -0.39 is 5.54 Å². The predicted octanol–water partition coefficient (Wildman–Crippen LogP) is 4.32. The molecule has 1 aliphatic heterocycles. The van der Waals surface area contributed by atoms with Gasteiger partial charge in [-0.1, -0.05) is 28.1 Å². The maximum Gasteiger partial charge on any atom is 0.248 e. The molecular weight excluding hydrogens is 442 g/mol. The molecule has 28 heavy (non-hydrogen) atoms. The lowest BCUT2D eigenvalue weighted by atomic mass is 9.82. The topological polar surface area (TPSA) is 77.2 Å². The third kappa shape index (κ3) is 4.34. The van der Waals surface area contributed by atoms with E-state index in [2.05, 4.69) is 43.6 Å². The molecule has 0 aliphatic carbocycles. The van der Waals surface area contributed by atoms with E-state index in [4.69, 9.17) is 9.15 Å². The van der Waals surface area contributed by atoms with Crippen LogP contribution >= 0.6 is 27.3 Å². The summed E-state index contributed by atoms with van der Waals surface area (Å²) in [5.41, 5.74) is 1.59. The molecule has 1 aliphatic rings. The maximum atomic E-state index is 12.7. The molecule has 4 rings (SSSR count). The van der Waals surface area contributed by atoms with Gasteiger partial charge in [0.05, 0.1) is 5.54 Å². The van der Waals surface area contributed by atoms with Crippen molar-refractivity contribution < 1.29 is 13.9 Å². The van der Waals surface area contributed by atoms with E-state index in [1.165, 1.54) is 0 Å². The number of hydrogen-bond acceptors (Lipinski definition) is 6. The highest BCUT2D eigenvalue weighted by atomic mass is 79.9. The monoisotopic (exact) mass is 461 g/mol. The van der Waals surface area contributed by atoms with Crippen LogP contribution in [0.25, 0.3) is 11.5 Å². The number of nitrogens with zero attached hydrogens (tertiary/aromatic N) is 2. The van der Waals surface area contributed by atoms with Crippen LogP contribution in [0.5, 0.6) is 0 Å². The van der Waals surface area contributed by atoms with Crippen molar-refractivity contribution in [3.8, 4) is 11.5 Å². The minimum atomic E-state index is -0.407. The van der Waals surface area contributed by atoms with Gasteiger partial charge in [-0.25, -0.2) is 0 Å². The van der Waals surface area contributed by atoms with E-state index in [-0.39, 0.29) is 5.91 Å². The highest BCUT2D eigenvalue weighted by Gasteiger charge is 2.36. The standard InChI is InChI=1S/C20H20BrN3O3S/c21-16-3-1-2-15(12-16)20(7-9-26-10-8-20)22-17(25)4-5-18-23-24-19(27-18)14-6-11-28-13-14/h1-3,6,11-13H,4-5,7-10H2,(H,22,25). The molecule has 1 saturated heterocycles. The number of thiophene rings is 1. The number of aryl methyl sites for hydroxylation is 1. The van der Waals surface area contributed by atoms with E-state index in [1.807, 2.05) is 29.0 Å². The summed E-state index contributed by atoms with van der Waals surface area (Å²) in [4.78, 5) is 12.7. The van der Waals surface area contributed by atoms with Crippen molar-refractivity contribution in [1.82, 2.24) is 15.5 Å². The Morgan fingerprint density at radius 2 is 2.11 bits per heavy atom. The van der Waals surface area contributed by atoms with Crippen molar-refractivity contribution in [3.63, 3.8) is 0 Å². The van der Waals surface area contributed by atoms with Gasteiger partial charge < -0.3 is 14.5 Å². The lowest BCUT2D eigenvalue weighted by Gasteiger charge is -2.38. The summed E-state index contributed by atoms with van der Waals surface area (Å²) < 4.78 is 12.2. The van der Waals surface area contributed by atoms with Gasteiger partial charge in [0.2, 0.25) is 17.7 Å². The number of rotatable bonds is 6. The zero-order chi connectivity index (χ0) is 19.4. The summed E-state index contributed by atoms with van der Waals surface area (Å²) >= 11 is 5.10. The number of amides is 1. The van der Waals surface area contributed by atoms with E-state index in [0.29, 0.717) is 37.8 Å². The van der Waals surface area contributed by atoms with Crippen molar-refractivity contribution in [2.75, 3.05) is 13.2 Å². The highest BCUT2D eigenvalue weighted by Crippen LogP contribution is 2.33. The third-order valence-electron chi connectivity index (χ3n) is 4.90. The van der Waals surface area contributed by atoms with E-state index in [9.17, 15) is 4.79 Å². The second-order valence-corrected chi connectivity index (χ2v) is 8.46. The van der Waals surface area contributed by atoms with Crippen LogP contribution < -0.4 is 5.32 Å². The SMILES string of the molecule is O=C(CCc1nnc(-c2ccsc2)o1)NC1(c2cccc(Br)c2)CCOCC1. The number of hydrogen-bond donors (Lipinski definition) is 1. The zero-order valence-corrected chi connectivity index (χ0v) is 17.6. The fourth-order valence-electron chi connectivity index (χ4n) is 3.40. The molecule has 0 saturated carbocycles. The molecule has 2 aromatic heterocycles. The summed E-state index contributed by atoms with van der Waals surface area (Å²) in [5.74, 6) is 0.934. The number of nitrogens with one attached hydrogen (secondary N) is 1. The fraction of sp³-hybridized carbons (Fsp3) is 0.350. The summed E-state index contributed by atoms with van der Waals surface area (Å²) in [5, 5.41) is 15.3. The van der Waals surface area contributed by atoms with Crippen LogP contribution in [0.15, 0.2) is 50.0 Å². The molecule has 0 radical (unpaired) electrons. The maximum absolute atomic E-state index is 12.7. The summed E-state index contributed by atoms with van der Waals surface area (Å²) in [6, 6.07) is 10.0. The first-order valence-corrected chi connectivity index (χ1v) is 10.9. The van der Waals surface area contributed by atoms with Gasteiger partial charge in [-0.2, -0.15) is 11.3 Å². The third-order valence-corrected chi connectivity index (χ3v) is 6.08.